The molecule has 20 heavy (non-hydrogen) atoms. The van der Waals surface area contributed by atoms with Crippen molar-refractivity contribution < 1.29 is 4.52 Å². The number of nitrogens with zero attached hydrogens (tertiary/aromatic N) is 1. The van der Waals surface area contributed by atoms with Gasteiger partial charge < -0.3 is 9.84 Å². The van der Waals surface area contributed by atoms with Crippen LogP contribution in [-0.4, -0.2) is 11.2 Å². The van der Waals surface area contributed by atoms with Gasteiger partial charge in [0.1, 0.15) is 5.76 Å². The molecule has 108 valence electrons. The van der Waals surface area contributed by atoms with Gasteiger partial charge in [-0.05, 0) is 69.1 Å². The first kappa shape index (κ1) is 11.8. The number of nitrogens with one attached hydrogen (secondary N) is 1. The van der Waals surface area contributed by atoms with Crippen LogP contribution in [0, 0.1) is 17.8 Å². The molecule has 1 N–H and O–H groups in total. The summed E-state index contributed by atoms with van der Waals surface area (Å²) >= 11 is 0. The van der Waals surface area contributed by atoms with Gasteiger partial charge in [0.05, 0.1) is 5.69 Å². The van der Waals surface area contributed by atoms with E-state index in [0.717, 1.165) is 36.0 Å². The molecule has 1 aromatic heterocycles. The minimum Gasteiger partial charge on any atom is -0.361 e. The average molecular weight is 272 g/mol. The van der Waals surface area contributed by atoms with Gasteiger partial charge >= 0.3 is 0 Å². The van der Waals surface area contributed by atoms with Crippen molar-refractivity contribution in [3.05, 3.63) is 17.5 Å². The quantitative estimate of drug-likeness (QED) is 0.913. The highest BCUT2D eigenvalue weighted by Gasteiger charge is 2.53. The average Bonchev–Trinajstić information content (AvgIpc) is 3.11. The van der Waals surface area contributed by atoms with Crippen LogP contribution in [-0.2, 0) is 12.0 Å². The summed E-state index contributed by atoms with van der Waals surface area (Å²) < 4.78 is 5.81. The van der Waals surface area contributed by atoms with Crippen LogP contribution < -0.4 is 5.32 Å². The lowest BCUT2D eigenvalue weighted by atomic mass is 9.49. The Balaban J connectivity index is 1.38. The van der Waals surface area contributed by atoms with Crippen molar-refractivity contribution in [2.45, 2.75) is 69.4 Å². The summed E-state index contributed by atoms with van der Waals surface area (Å²) in [5, 5.41) is 7.87. The molecule has 1 aromatic rings. The molecule has 0 aromatic carbocycles. The lowest BCUT2D eigenvalue weighted by molar-refractivity contribution is -0.0175. The van der Waals surface area contributed by atoms with E-state index in [1.165, 1.54) is 57.1 Å². The van der Waals surface area contributed by atoms with Crippen molar-refractivity contribution in [2.24, 2.45) is 17.8 Å². The number of hydrogen-bond acceptors (Lipinski definition) is 3. The van der Waals surface area contributed by atoms with Crippen LogP contribution in [0.3, 0.4) is 0 Å². The minimum atomic E-state index is 0.361. The monoisotopic (exact) mass is 272 g/mol. The standard InChI is InChI=1S/C17H24N2O/c1-2-14(1)18-10-15-6-16(20-19-15)17-7-11-3-12(8-17)5-13(4-11)9-17/h6,11-14,18H,1-5,7-10H2. The predicted octanol–water partition coefficient (Wildman–Crippen LogP) is 3.39. The van der Waals surface area contributed by atoms with Crippen molar-refractivity contribution in [3.8, 4) is 0 Å². The van der Waals surface area contributed by atoms with E-state index in [9.17, 15) is 0 Å². The van der Waals surface area contributed by atoms with E-state index in [-0.39, 0.29) is 0 Å². The Bertz CT molecular complexity index is 482. The van der Waals surface area contributed by atoms with E-state index >= 15 is 0 Å². The summed E-state index contributed by atoms with van der Waals surface area (Å²) in [6.07, 6.45) is 11.2. The Labute approximate surface area is 120 Å². The zero-order valence-electron chi connectivity index (χ0n) is 12.1. The SMILES string of the molecule is c1c(CNC2CC2)noc1C12CC3CC(CC(C3)C1)C2. The van der Waals surface area contributed by atoms with Gasteiger partial charge in [0.15, 0.2) is 0 Å². The van der Waals surface area contributed by atoms with Gasteiger partial charge in [-0.25, -0.2) is 0 Å². The van der Waals surface area contributed by atoms with Gasteiger partial charge in [0, 0.05) is 24.1 Å². The second kappa shape index (κ2) is 4.09. The summed E-state index contributed by atoms with van der Waals surface area (Å²) in [4.78, 5) is 0. The Hall–Kier alpha value is -0.830. The van der Waals surface area contributed by atoms with E-state index in [1.807, 2.05) is 0 Å². The Kier molecular flexibility index (Phi) is 2.41. The van der Waals surface area contributed by atoms with Crippen LogP contribution in [0.25, 0.3) is 0 Å². The highest BCUT2D eigenvalue weighted by molar-refractivity contribution is 5.22. The van der Waals surface area contributed by atoms with Crippen molar-refractivity contribution in [2.75, 3.05) is 0 Å². The van der Waals surface area contributed by atoms with Gasteiger partial charge in [-0.1, -0.05) is 5.16 Å². The van der Waals surface area contributed by atoms with E-state index in [4.69, 9.17) is 4.52 Å². The maximum absolute atomic E-state index is 5.81. The van der Waals surface area contributed by atoms with Crippen molar-refractivity contribution >= 4 is 0 Å². The van der Waals surface area contributed by atoms with E-state index in [1.54, 1.807) is 0 Å². The third-order valence-electron chi connectivity index (χ3n) is 6.27. The van der Waals surface area contributed by atoms with Crippen LogP contribution in [0.2, 0.25) is 0 Å². The number of hydrogen-bond donors (Lipinski definition) is 1. The fourth-order valence-corrected chi connectivity index (χ4v) is 5.59. The molecule has 0 spiro atoms. The van der Waals surface area contributed by atoms with Crippen LogP contribution >= 0.6 is 0 Å². The summed E-state index contributed by atoms with van der Waals surface area (Å²) in [7, 11) is 0. The molecule has 6 rings (SSSR count). The normalized spacial score (nSPS) is 42.3. The fraction of sp³-hybridized carbons (Fsp3) is 0.824. The molecule has 0 unspecified atom stereocenters. The van der Waals surface area contributed by atoms with Crippen LogP contribution in [0.1, 0.15) is 62.8 Å². The molecule has 1 heterocycles. The van der Waals surface area contributed by atoms with Gasteiger partial charge in [0.2, 0.25) is 0 Å². The molecule has 0 aliphatic heterocycles. The molecule has 3 nitrogen and oxygen atoms in total. The van der Waals surface area contributed by atoms with Crippen LogP contribution in [0.5, 0.6) is 0 Å². The van der Waals surface area contributed by atoms with E-state index in [0.29, 0.717) is 5.41 Å². The predicted molar refractivity (Wildman–Crippen MR) is 76.2 cm³/mol. The van der Waals surface area contributed by atoms with Crippen LogP contribution in [0.15, 0.2) is 10.6 Å². The Morgan fingerprint density at radius 3 is 2.35 bits per heavy atom. The van der Waals surface area contributed by atoms with Crippen molar-refractivity contribution in [1.29, 1.82) is 0 Å². The van der Waals surface area contributed by atoms with Crippen molar-refractivity contribution in [3.63, 3.8) is 0 Å². The lowest BCUT2D eigenvalue weighted by Crippen LogP contribution is -2.48. The zero-order chi connectivity index (χ0) is 13.2. The first-order valence-corrected chi connectivity index (χ1v) is 8.48. The summed E-state index contributed by atoms with van der Waals surface area (Å²) in [5.74, 6) is 4.13. The first-order valence-electron chi connectivity index (χ1n) is 8.48. The maximum atomic E-state index is 5.81. The van der Waals surface area contributed by atoms with Gasteiger partial charge in [-0.3, -0.25) is 0 Å². The Morgan fingerprint density at radius 1 is 1.10 bits per heavy atom. The summed E-state index contributed by atoms with van der Waals surface area (Å²) in [6, 6.07) is 3.01. The van der Waals surface area contributed by atoms with Gasteiger partial charge in [-0.2, -0.15) is 0 Å². The molecule has 0 amide bonds. The Morgan fingerprint density at radius 2 is 1.75 bits per heavy atom. The number of rotatable bonds is 4. The third kappa shape index (κ3) is 1.86. The topological polar surface area (TPSA) is 38.1 Å². The molecule has 0 atom stereocenters. The minimum absolute atomic E-state index is 0.361. The first-order chi connectivity index (χ1) is 9.79. The van der Waals surface area contributed by atoms with Gasteiger partial charge in [0.25, 0.3) is 0 Å². The van der Waals surface area contributed by atoms with E-state index in [2.05, 4.69) is 16.5 Å². The second-order valence-electron chi connectivity index (χ2n) is 8.04. The zero-order valence-corrected chi connectivity index (χ0v) is 12.1. The lowest BCUT2D eigenvalue weighted by Gasteiger charge is -2.55. The highest BCUT2D eigenvalue weighted by Crippen LogP contribution is 2.60. The molecule has 5 saturated carbocycles. The molecule has 5 fully saturated rings. The molecule has 4 bridgehead atoms. The van der Waals surface area contributed by atoms with E-state index < -0.39 is 0 Å². The molecular weight excluding hydrogens is 248 g/mol. The number of aromatic nitrogens is 1. The largest absolute Gasteiger partial charge is 0.361 e. The fourth-order valence-electron chi connectivity index (χ4n) is 5.59. The van der Waals surface area contributed by atoms with Crippen LogP contribution in [0.4, 0.5) is 0 Å². The molecular formula is C17H24N2O. The summed E-state index contributed by atoms with van der Waals surface area (Å²) in [5.41, 5.74) is 1.47. The van der Waals surface area contributed by atoms with Gasteiger partial charge in [-0.15, -0.1) is 0 Å². The molecule has 0 saturated heterocycles. The second-order valence-corrected chi connectivity index (χ2v) is 8.04. The summed E-state index contributed by atoms with van der Waals surface area (Å²) in [6.45, 7) is 0.889. The molecule has 5 aliphatic carbocycles. The smallest absolute Gasteiger partial charge is 0.143 e. The maximum Gasteiger partial charge on any atom is 0.143 e. The molecule has 5 aliphatic rings. The highest BCUT2D eigenvalue weighted by atomic mass is 16.5. The van der Waals surface area contributed by atoms with Crippen molar-refractivity contribution in [1.82, 2.24) is 10.5 Å². The third-order valence-corrected chi connectivity index (χ3v) is 6.27. The molecule has 3 heteroatoms. The molecule has 0 radical (unpaired) electrons.